The lowest BCUT2D eigenvalue weighted by Crippen LogP contribution is -2.48. The predicted molar refractivity (Wildman–Crippen MR) is 102 cm³/mol. The van der Waals surface area contributed by atoms with Crippen LogP contribution >= 0.6 is 0 Å². The molecule has 0 radical (unpaired) electrons. The van der Waals surface area contributed by atoms with Gasteiger partial charge in [-0.1, -0.05) is 30.3 Å². The summed E-state index contributed by atoms with van der Waals surface area (Å²) < 4.78 is 0. The first kappa shape index (κ1) is 18.9. The molecule has 144 valence electrons. The molecule has 0 unspecified atom stereocenters. The molecule has 8 heteroatoms. The third-order valence-corrected chi connectivity index (χ3v) is 4.61. The minimum absolute atomic E-state index is 0.188. The molecule has 2 heterocycles. The summed E-state index contributed by atoms with van der Waals surface area (Å²) in [5, 5.41) is 14.8. The fraction of sp³-hybridized carbons (Fsp3) is 0.421. The van der Waals surface area contributed by atoms with Crippen LogP contribution in [-0.2, 0) is 6.54 Å². The lowest BCUT2D eigenvalue weighted by molar-refractivity contribution is 0.0948. The highest BCUT2D eigenvalue weighted by Gasteiger charge is 2.20. The fourth-order valence-electron chi connectivity index (χ4n) is 3.14. The molecule has 4 N–H and O–H groups in total. The lowest BCUT2D eigenvalue weighted by atomic mass is 10.0. The highest BCUT2D eigenvalue weighted by atomic mass is 16.2. The lowest BCUT2D eigenvalue weighted by Gasteiger charge is -2.32. The van der Waals surface area contributed by atoms with Crippen LogP contribution in [-0.4, -0.2) is 59.3 Å². The van der Waals surface area contributed by atoms with Crippen LogP contribution in [0.2, 0.25) is 0 Å². The molecule has 1 aliphatic rings. The van der Waals surface area contributed by atoms with E-state index in [4.69, 9.17) is 0 Å². The van der Waals surface area contributed by atoms with E-state index in [1.165, 1.54) is 11.8 Å². The van der Waals surface area contributed by atoms with Crippen molar-refractivity contribution in [3.63, 3.8) is 0 Å². The minimum Gasteiger partial charge on any atom is -0.349 e. The smallest absolute Gasteiger partial charge is 0.315 e. The van der Waals surface area contributed by atoms with E-state index < -0.39 is 0 Å². The van der Waals surface area contributed by atoms with Gasteiger partial charge in [-0.15, -0.1) is 0 Å². The third kappa shape index (κ3) is 6.10. The van der Waals surface area contributed by atoms with E-state index in [1.54, 1.807) is 6.07 Å². The van der Waals surface area contributed by atoms with E-state index >= 15 is 0 Å². The van der Waals surface area contributed by atoms with Crippen molar-refractivity contribution in [2.45, 2.75) is 25.4 Å². The van der Waals surface area contributed by atoms with E-state index in [9.17, 15) is 9.59 Å². The van der Waals surface area contributed by atoms with E-state index in [0.29, 0.717) is 18.8 Å². The number of urea groups is 1. The zero-order valence-corrected chi connectivity index (χ0v) is 15.3. The molecule has 27 heavy (non-hydrogen) atoms. The first-order valence-electron chi connectivity index (χ1n) is 9.29. The van der Waals surface area contributed by atoms with Crippen LogP contribution in [0.5, 0.6) is 0 Å². The molecule has 0 atom stereocenters. The molecular weight excluding hydrogens is 344 g/mol. The molecular formula is C19H26N6O2. The number of carbonyl (C=O) groups is 2. The number of likely N-dealkylation sites (tertiary alicyclic amines) is 1. The predicted octanol–water partition coefficient (Wildman–Crippen LogP) is 1.10. The van der Waals surface area contributed by atoms with Crippen molar-refractivity contribution in [1.82, 2.24) is 31.0 Å². The van der Waals surface area contributed by atoms with Gasteiger partial charge >= 0.3 is 6.03 Å². The molecule has 1 saturated heterocycles. The highest BCUT2D eigenvalue weighted by molar-refractivity contribution is 5.92. The number of hydrogen-bond donors (Lipinski definition) is 4. The fourth-order valence-corrected chi connectivity index (χ4v) is 3.14. The van der Waals surface area contributed by atoms with E-state index in [2.05, 4.69) is 55.3 Å². The minimum atomic E-state index is -0.236. The number of amides is 3. The van der Waals surface area contributed by atoms with Crippen molar-refractivity contribution < 1.29 is 9.59 Å². The van der Waals surface area contributed by atoms with Gasteiger partial charge in [0.05, 0.1) is 0 Å². The van der Waals surface area contributed by atoms with Gasteiger partial charge in [0.15, 0.2) is 0 Å². The van der Waals surface area contributed by atoms with Crippen LogP contribution in [0.3, 0.4) is 0 Å². The normalized spacial score (nSPS) is 15.3. The van der Waals surface area contributed by atoms with Crippen LogP contribution in [0.15, 0.2) is 42.6 Å². The summed E-state index contributed by atoms with van der Waals surface area (Å²) in [5.74, 6) is -0.236. The van der Waals surface area contributed by atoms with Gasteiger partial charge in [-0.05, 0) is 24.5 Å². The summed E-state index contributed by atoms with van der Waals surface area (Å²) in [7, 11) is 0. The maximum atomic E-state index is 12.0. The van der Waals surface area contributed by atoms with Crippen molar-refractivity contribution in [2.75, 3.05) is 26.2 Å². The van der Waals surface area contributed by atoms with Gasteiger partial charge in [0.25, 0.3) is 5.91 Å². The van der Waals surface area contributed by atoms with E-state index in [0.717, 1.165) is 32.5 Å². The van der Waals surface area contributed by atoms with E-state index in [1.807, 2.05) is 6.07 Å². The Balaban J connectivity index is 1.27. The summed E-state index contributed by atoms with van der Waals surface area (Å²) in [6.45, 7) is 3.63. The molecule has 1 aromatic heterocycles. The molecule has 0 bridgehead atoms. The molecule has 0 spiro atoms. The van der Waals surface area contributed by atoms with Crippen molar-refractivity contribution in [2.24, 2.45) is 0 Å². The Morgan fingerprint density at radius 3 is 2.52 bits per heavy atom. The van der Waals surface area contributed by atoms with Gasteiger partial charge in [0, 0.05) is 45.0 Å². The van der Waals surface area contributed by atoms with Crippen molar-refractivity contribution >= 4 is 11.9 Å². The number of nitrogens with one attached hydrogen (secondary N) is 4. The van der Waals surface area contributed by atoms with Crippen molar-refractivity contribution in [3.8, 4) is 0 Å². The number of piperidine rings is 1. The Hall–Kier alpha value is -2.87. The average molecular weight is 370 g/mol. The van der Waals surface area contributed by atoms with Gasteiger partial charge in [-0.3, -0.25) is 14.8 Å². The largest absolute Gasteiger partial charge is 0.349 e. The number of H-pyrrole nitrogens is 1. The number of carbonyl (C=O) groups excluding carboxylic acids is 2. The molecule has 1 fully saturated rings. The number of benzene rings is 1. The third-order valence-electron chi connectivity index (χ3n) is 4.61. The molecule has 8 nitrogen and oxygen atoms in total. The maximum absolute atomic E-state index is 12.0. The zero-order valence-electron chi connectivity index (χ0n) is 15.3. The summed E-state index contributed by atoms with van der Waals surface area (Å²) in [6.07, 6.45) is 3.40. The zero-order chi connectivity index (χ0) is 18.9. The number of aromatic amines is 1. The van der Waals surface area contributed by atoms with Gasteiger partial charge in [0.1, 0.15) is 5.69 Å². The Morgan fingerprint density at radius 1 is 1.07 bits per heavy atom. The SMILES string of the molecule is O=C(NCCNC(=O)c1ccn[nH]1)NC1CCN(Cc2ccccc2)CC1. The summed E-state index contributed by atoms with van der Waals surface area (Å²) in [5.41, 5.74) is 1.72. The van der Waals surface area contributed by atoms with Crippen LogP contribution in [0.4, 0.5) is 4.79 Å². The van der Waals surface area contributed by atoms with Gasteiger partial charge < -0.3 is 16.0 Å². The van der Waals surface area contributed by atoms with Crippen molar-refractivity contribution in [3.05, 3.63) is 53.9 Å². The van der Waals surface area contributed by atoms with Crippen LogP contribution in [0, 0.1) is 0 Å². The number of rotatable bonds is 7. The average Bonchev–Trinajstić information content (AvgIpc) is 3.22. The molecule has 1 aliphatic heterocycles. The molecule has 3 amide bonds. The van der Waals surface area contributed by atoms with Crippen molar-refractivity contribution in [1.29, 1.82) is 0 Å². The van der Waals surface area contributed by atoms with Crippen LogP contribution < -0.4 is 16.0 Å². The molecule has 0 saturated carbocycles. The molecule has 1 aromatic carbocycles. The second kappa shape index (κ2) is 9.72. The monoisotopic (exact) mass is 370 g/mol. The number of hydrogen-bond acceptors (Lipinski definition) is 4. The Bertz CT molecular complexity index is 711. The molecule has 2 aromatic rings. The van der Waals surface area contributed by atoms with Gasteiger partial charge in [0.2, 0.25) is 0 Å². The maximum Gasteiger partial charge on any atom is 0.315 e. The quantitative estimate of drug-likeness (QED) is 0.548. The highest BCUT2D eigenvalue weighted by Crippen LogP contribution is 2.13. The number of nitrogens with zero attached hydrogens (tertiary/aromatic N) is 2. The van der Waals surface area contributed by atoms with Gasteiger partial charge in [-0.25, -0.2) is 4.79 Å². The van der Waals surface area contributed by atoms with Crippen LogP contribution in [0.25, 0.3) is 0 Å². The summed E-state index contributed by atoms with van der Waals surface area (Å²) >= 11 is 0. The summed E-state index contributed by atoms with van der Waals surface area (Å²) in [4.78, 5) is 26.1. The Kier molecular flexibility index (Phi) is 6.81. The Morgan fingerprint density at radius 2 is 1.81 bits per heavy atom. The standard InChI is InChI=1S/C19H26N6O2/c26-18(17-6-9-22-24-17)20-10-11-21-19(27)23-16-7-12-25(13-8-16)14-15-4-2-1-3-5-15/h1-6,9,16H,7-8,10-14H2,(H,20,26)(H,22,24)(H2,21,23,27). The summed E-state index contributed by atoms with van der Waals surface area (Å²) in [6, 6.07) is 12.0. The topological polar surface area (TPSA) is 102 Å². The first-order chi connectivity index (χ1) is 13.2. The molecule has 0 aliphatic carbocycles. The van der Waals surface area contributed by atoms with E-state index in [-0.39, 0.29) is 18.0 Å². The second-order valence-electron chi connectivity index (χ2n) is 6.66. The second-order valence-corrected chi connectivity index (χ2v) is 6.66. The first-order valence-corrected chi connectivity index (χ1v) is 9.29. The Labute approximate surface area is 158 Å². The van der Waals surface area contributed by atoms with Gasteiger partial charge in [-0.2, -0.15) is 5.10 Å². The van der Waals surface area contributed by atoms with Crippen LogP contribution in [0.1, 0.15) is 28.9 Å². The molecule has 3 rings (SSSR count). The number of aromatic nitrogens is 2.